The van der Waals surface area contributed by atoms with Gasteiger partial charge in [0.25, 0.3) is 0 Å². The van der Waals surface area contributed by atoms with Crippen molar-refractivity contribution >= 4 is 56.3 Å². The summed E-state index contributed by atoms with van der Waals surface area (Å²) < 4.78 is 2.01. The van der Waals surface area contributed by atoms with Crippen LogP contribution in [-0.4, -0.2) is 9.55 Å². The number of hydrogen-bond donors (Lipinski definition) is 0. The monoisotopic (exact) mass is 522 g/mol. The third-order valence-corrected chi connectivity index (χ3v) is 14.0. The molecule has 0 bridgehead atoms. The molecule has 6 heteroatoms. The van der Waals surface area contributed by atoms with Crippen LogP contribution in [0.15, 0.2) is 122 Å². The van der Waals surface area contributed by atoms with Crippen molar-refractivity contribution in [3.8, 4) is 5.69 Å². The van der Waals surface area contributed by atoms with Gasteiger partial charge in [-0.1, -0.05) is 0 Å². The first-order valence-corrected chi connectivity index (χ1v) is 15.0. The third kappa shape index (κ3) is 3.85. The summed E-state index contributed by atoms with van der Waals surface area (Å²) in [7, 11) is 0. The zero-order valence-electron chi connectivity index (χ0n) is 18.2. The van der Waals surface area contributed by atoms with Crippen molar-refractivity contribution in [3.05, 3.63) is 137 Å². The zero-order chi connectivity index (χ0) is 23.6. The number of hydrogen-bond acceptors (Lipinski definition) is 1. The number of rotatable bonds is 6. The summed E-state index contributed by atoms with van der Waals surface area (Å²) in [5, 5.41) is 4.34. The van der Waals surface area contributed by atoms with E-state index in [0.29, 0.717) is 16.3 Å². The summed E-state index contributed by atoms with van der Waals surface area (Å²) in [5.41, 5.74) is 1.78. The summed E-state index contributed by atoms with van der Waals surface area (Å²) in [4.78, 5) is 4.47. The number of nitrogens with zero attached hydrogens (tertiary/aromatic N) is 2. The van der Waals surface area contributed by atoms with Crippen LogP contribution in [0.3, 0.4) is 0 Å². The average molecular weight is 524 g/mol. The molecule has 0 aliphatic heterocycles. The third-order valence-electron chi connectivity index (χ3n) is 6.25. The minimum atomic E-state index is -3.56. The molecule has 0 atom stereocenters. The number of aromatic nitrogens is 2. The van der Waals surface area contributed by atoms with Crippen LogP contribution in [0.5, 0.6) is 0 Å². The maximum atomic E-state index is 8.23. The Bertz CT molecular complexity index is 1300. The molecule has 0 radical (unpaired) electrons. The molecule has 4 aromatic carbocycles. The zero-order valence-corrected chi connectivity index (χ0v) is 21.4. The molecule has 0 saturated carbocycles. The van der Waals surface area contributed by atoms with Gasteiger partial charge in [0.2, 0.25) is 0 Å². The van der Waals surface area contributed by atoms with Crippen LogP contribution in [0.2, 0.25) is 10.2 Å². The molecular weight excluding hydrogens is 502 g/mol. The fourth-order valence-electron chi connectivity index (χ4n) is 4.54. The first-order chi connectivity index (χ1) is 16.5. The molecule has 1 aromatic heterocycles. The van der Waals surface area contributed by atoms with Gasteiger partial charge in [0.1, 0.15) is 0 Å². The summed E-state index contributed by atoms with van der Waals surface area (Å²) in [5.74, 6) is -3.56. The predicted molar refractivity (Wildman–Crippen MR) is 148 cm³/mol. The number of halogens is 3. The van der Waals surface area contributed by atoms with Crippen LogP contribution >= 0.6 is 40.4 Å². The van der Waals surface area contributed by atoms with E-state index < -0.39 is 5.96 Å². The molecule has 34 heavy (non-hydrogen) atoms. The second-order valence-electron chi connectivity index (χ2n) is 8.18. The van der Waals surface area contributed by atoms with E-state index in [9.17, 15) is 0 Å². The van der Waals surface area contributed by atoms with E-state index in [1.165, 1.54) is 0 Å². The Labute approximate surface area is 214 Å². The van der Waals surface area contributed by atoms with Gasteiger partial charge >= 0.3 is 215 Å². The van der Waals surface area contributed by atoms with Crippen molar-refractivity contribution in [2.75, 3.05) is 0 Å². The maximum absolute atomic E-state index is 8.23. The van der Waals surface area contributed by atoms with E-state index >= 15 is 0 Å². The SMILES string of the molecule is Clc1ccc(-n2cnc(Cl)c2CP(Cl)(c2ccccc2)(c2ccccc2)c2ccccc2)cc1. The second kappa shape index (κ2) is 9.21. The van der Waals surface area contributed by atoms with Crippen molar-refractivity contribution in [3.63, 3.8) is 0 Å². The Balaban J connectivity index is 1.83. The van der Waals surface area contributed by atoms with E-state index in [-0.39, 0.29) is 0 Å². The van der Waals surface area contributed by atoms with Gasteiger partial charge in [0, 0.05) is 0 Å². The molecule has 170 valence electrons. The molecule has 2 nitrogen and oxygen atoms in total. The normalized spacial score (nSPS) is 12.7. The average Bonchev–Trinajstić information content (AvgIpc) is 3.25. The molecule has 0 N–H and O–H groups in total. The summed E-state index contributed by atoms with van der Waals surface area (Å²) in [6, 6.07) is 38.7. The van der Waals surface area contributed by atoms with Gasteiger partial charge in [-0.15, -0.1) is 0 Å². The standard InChI is InChI=1S/C28H22Cl3N2P/c29-22-16-18-23(19-17-22)33-21-32-28(30)27(33)20-34(31,24-10-4-1-5-11-24,25-12-6-2-7-13-25)26-14-8-3-9-15-26/h1-19,21H,20H2. The van der Waals surface area contributed by atoms with Crippen LogP contribution in [0, 0.1) is 0 Å². The van der Waals surface area contributed by atoms with Crippen molar-refractivity contribution in [2.45, 2.75) is 6.16 Å². The Morgan fingerprint density at radius 2 is 1.06 bits per heavy atom. The van der Waals surface area contributed by atoms with Gasteiger partial charge in [0.05, 0.1) is 0 Å². The van der Waals surface area contributed by atoms with Gasteiger partial charge in [-0.05, 0) is 0 Å². The van der Waals surface area contributed by atoms with Crippen molar-refractivity contribution in [1.29, 1.82) is 0 Å². The summed E-state index contributed by atoms with van der Waals surface area (Å²) in [6.07, 6.45) is 2.24. The Hall–Kier alpha value is -2.61. The molecule has 5 rings (SSSR count). The van der Waals surface area contributed by atoms with Gasteiger partial charge in [-0.25, -0.2) is 0 Å². The van der Waals surface area contributed by atoms with E-state index in [1.807, 2.05) is 83.4 Å². The van der Waals surface area contributed by atoms with E-state index in [4.69, 9.17) is 34.4 Å². The number of benzene rings is 4. The molecule has 0 unspecified atom stereocenters. The fourth-order valence-corrected chi connectivity index (χ4v) is 11.0. The Morgan fingerprint density at radius 1 is 0.618 bits per heavy atom. The van der Waals surface area contributed by atoms with Gasteiger partial charge < -0.3 is 0 Å². The Morgan fingerprint density at radius 3 is 1.50 bits per heavy atom. The molecule has 1 heterocycles. The molecule has 0 fully saturated rings. The first kappa shape index (κ1) is 23.1. The quantitative estimate of drug-likeness (QED) is 0.213. The van der Waals surface area contributed by atoms with Crippen molar-refractivity contribution in [2.24, 2.45) is 0 Å². The van der Waals surface area contributed by atoms with Gasteiger partial charge in [0.15, 0.2) is 0 Å². The Kier molecular flexibility index (Phi) is 6.27. The van der Waals surface area contributed by atoms with Crippen LogP contribution in [0.25, 0.3) is 5.69 Å². The summed E-state index contributed by atoms with van der Waals surface area (Å²) >= 11 is 21.1. The van der Waals surface area contributed by atoms with E-state index in [0.717, 1.165) is 27.3 Å². The van der Waals surface area contributed by atoms with E-state index in [1.54, 1.807) is 6.33 Å². The van der Waals surface area contributed by atoms with Crippen LogP contribution in [-0.2, 0) is 6.16 Å². The van der Waals surface area contributed by atoms with Gasteiger partial charge in [-0.3, -0.25) is 0 Å². The molecule has 0 aliphatic rings. The summed E-state index contributed by atoms with van der Waals surface area (Å²) in [6.45, 7) is 0. The molecule has 0 spiro atoms. The van der Waals surface area contributed by atoms with E-state index in [2.05, 4.69) is 41.4 Å². The number of imidazole rings is 1. The topological polar surface area (TPSA) is 17.8 Å². The van der Waals surface area contributed by atoms with Crippen LogP contribution in [0.1, 0.15) is 5.69 Å². The molecular formula is C28H22Cl3N2P. The van der Waals surface area contributed by atoms with Crippen LogP contribution < -0.4 is 15.9 Å². The van der Waals surface area contributed by atoms with Crippen LogP contribution in [0.4, 0.5) is 0 Å². The first-order valence-electron chi connectivity index (χ1n) is 10.9. The molecule has 5 aromatic rings. The fraction of sp³-hybridized carbons (Fsp3) is 0.0357. The minimum absolute atomic E-state index is 0.437. The molecule has 0 amide bonds. The molecule has 0 saturated heterocycles. The predicted octanol–water partition coefficient (Wildman–Crippen LogP) is 7.36. The molecule has 0 aliphatic carbocycles. The van der Waals surface area contributed by atoms with Gasteiger partial charge in [-0.2, -0.15) is 0 Å². The van der Waals surface area contributed by atoms with Crippen molar-refractivity contribution < 1.29 is 0 Å². The second-order valence-corrected chi connectivity index (χ2v) is 15.4. The van der Waals surface area contributed by atoms with Crippen molar-refractivity contribution in [1.82, 2.24) is 9.55 Å².